The van der Waals surface area contributed by atoms with Crippen LogP contribution >= 0.6 is 11.6 Å². The van der Waals surface area contributed by atoms with E-state index in [-0.39, 0.29) is 0 Å². The van der Waals surface area contributed by atoms with E-state index in [1.807, 2.05) is 18.3 Å². The van der Waals surface area contributed by atoms with E-state index < -0.39 is 0 Å². The van der Waals surface area contributed by atoms with Gasteiger partial charge in [-0.3, -0.25) is 4.90 Å². The molecule has 3 aromatic rings. The molecular formula is C23H30ClN5. The van der Waals surface area contributed by atoms with Crippen molar-refractivity contribution in [3.8, 4) is 0 Å². The molecule has 29 heavy (non-hydrogen) atoms. The van der Waals surface area contributed by atoms with E-state index in [9.17, 15) is 0 Å². The zero-order valence-electron chi connectivity index (χ0n) is 17.6. The largest absolute Gasteiger partial charge is 0.305 e. The van der Waals surface area contributed by atoms with Crippen LogP contribution in [0.25, 0.3) is 5.65 Å². The maximum Gasteiger partial charge on any atom is 0.159 e. The van der Waals surface area contributed by atoms with Gasteiger partial charge in [0.25, 0.3) is 0 Å². The van der Waals surface area contributed by atoms with E-state index in [0.29, 0.717) is 5.92 Å². The number of halogens is 1. The van der Waals surface area contributed by atoms with Gasteiger partial charge in [0.05, 0.1) is 5.69 Å². The number of aromatic nitrogens is 3. The van der Waals surface area contributed by atoms with E-state index in [1.54, 1.807) is 0 Å². The van der Waals surface area contributed by atoms with Crippen LogP contribution in [0, 0.1) is 12.8 Å². The molecule has 6 heteroatoms. The van der Waals surface area contributed by atoms with Gasteiger partial charge in [-0.05, 0) is 76.5 Å². The van der Waals surface area contributed by atoms with Crippen LogP contribution in [0.2, 0.25) is 5.02 Å². The average Bonchev–Trinajstić information content (AvgIpc) is 2.98. The summed E-state index contributed by atoms with van der Waals surface area (Å²) in [4.78, 5) is 9.37. The van der Waals surface area contributed by atoms with Crippen molar-refractivity contribution in [2.45, 2.75) is 39.3 Å². The summed E-state index contributed by atoms with van der Waals surface area (Å²) in [5.74, 6) is 0.635. The van der Waals surface area contributed by atoms with Gasteiger partial charge in [-0.25, -0.2) is 9.50 Å². The van der Waals surface area contributed by atoms with Gasteiger partial charge in [0, 0.05) is 42.1 Å². The number of hydrogen-bond donors (Lipinski definition) is 0. The normalized spacial score (nSPS) is 18.0. The van der Waals surface area contributed by atoms with Crippen molar-refractivity contribution in [3.63, 3.8) is 0 Å². The molecule has 0 amide bonds. The molecule has 4 rings (SSSR count). The maximum atomic E-state index is 6.16. The number of nitrogens with zero attached hydrogens (tertiary/aromatic N) is 5. The Morgan fingerprint density at radius 1 is 1.24 bits per heavy atom. The van der Waals surface area contributed by atoms with Crippen molar-refractivity contribution >= 4 is 17.2 Å². The van der Waals surface area contributed by atoms with Crippen LogP contribution in [0.15, 0.2) is 36.5 Å². The zero-order chi connectivity index (χ0) is 20.4. The van der Waals surface area contributed by atoms with Crippen molar-refractivity contribution in [2.75, 3.05) is 27.2 Å². The Kier molecular flexibility index (Phi) is 6.18. The highest BCUT2D eigenvalue weighted by atomic mass is 35.5. The van der Waals surface area contributed by atoms with E-state index in [4.69, 9.17) is 16.7 Å². The molecule has 0 radical (unpaired) electrons. The minimum absolute atomic E-state index is 0.635. The van der Waals surface area contributed by atoms with Crippen LogP contribution in [0.1, 0.15) is 35.4 Å². The van der Waals surface area contributed by atoms with E-state index in [0.717, 1.165) is 49.0 Å². The molecule has 1 fully saturated rings. The molecule has 1 aliphatic heterocycles. The minimum atomic E-state index is 0.635. The van der Waals surface area contributed by atoms with Crippen LogP contribution in [0.3, 0.4) is 0 Å². The Morgan fingerprint density at radius 2 is 2.10 bits per heavy atom. The highest BCUT2D eigenvalue weighted by Crippen LogP contribution is 2.24. The molecule has 154 valence electrons. The Hall–Kier alpha value is -1.95. The lowest BCUT2D eigenvalue weighted by atomic mass is 9.93. The summed E-state index contributed by atoms with van der Waals surface area (Å²) < 4.78 is 2.07. The van der Waals surface area contributed by atoms with Gasteiger partial charge in [0.1, 0.15) is 0 Å². The first-order valence-electron chi connectivity index (χ1n) is 10.4. The molecule has 3 heterocycles. The fourth-order valence-corrected chi connectivity index (χ4v) is 4.66. The van der Waals surface area contributed by atoms with E-state index in [2.05, 4.69) is 58.5 Å². The Labute approximate surface area is 178 Å². The second kappa shape index (κ2) is 8.82. The summed E-state index contributed by atoms with van der Waals surface area (Å²) in [5.41, 5.74) is 5.85. The van der Waals surface area contributed by atoms with Gasteiger partial charge in [0.15, 0.2) is 5.65 Å². The molecule has 1 saturated heterocycles. The fraction of sp³-hybridized carbons (Fsp3) is 0.478. The predicted molar refractivity (Wildman–Crippen MR) is 118 cm³/mol. The first-order chi connectivity index (χ1) is 14.0. The molecule has 1 aliphatic rings. The number of aryl methyl sites for hydroxylation is 1. The third kappa shape index (κ3) is 4.80. The Bertz CT molecular complexity index is 981. The number of piperidine rings is 1. The molecule has 0 spiro atoms. The highest BCUT2D eigenvalue weighted by molar-refractivity contribution is 6.30. The quantitative estimate of drug-likeness (QED) is 0.608. The molecule has 0 saturated carbocycles. The van der Waals surface area contributed by atoms with Gasteiger partial charge >= 0.3 is 0 Å². The summed E-state index contributed by atoms with van der Waals surface area (Å²) >= 11 is 6.16. The van der Waals surface area contributed by atoms with E-state index in [1.165, 1.54) is 29.7 Å². The molecule has 1 atom stereocenters. The zero-order valence-corrected chi connectivity index (χ0v) is 18.4. The number of rotatable bonds is 6. The van der Waals surface area contributed by atoms with Gasteiger partial charge < -0.3 is 4.90 Å². The summed E-state index contributed by atoms with van der Waals surface area (Å²) in [6, 6.07) is 10.4. The van der Waals surface area contributed by atoms with Crippen LogP contribution in [-0.2, 0) is 19.5 Å². The number of likely N-dealkylation sites (tertiary alicyclic amines) is 1. The van der Waals surface area contributed by atoms with Crippen LogP contribution in [0.5, 0.6) is 0 Å². The van der Waals surface area contributed by atoms with Crippen LogP contribution < -0.4 is 0 Å². The van der Waals surface area contributed by atoms with Crippen molar-refractivity contribution in [2.24, 2.45) is 5.92 Å². The topological polar surface area (TPSA) is 36.7 Å². The molecule has 0 aliphatic carbocycles. The Balaban J connectivity index is 1.49. The molecule has 0 bridgehead atoms. The van der Waals surface area contributed by atoms with Crippen molar-refractivity contribution < 1.29 is 0 Å². The Morgan fingerprint density at radius 3 is 2.90 bits per heavy atom. The third-order valence-corrected chi connectivity index (χ3v) is 6.00. The summed E-state index contributed by atoms with van der Waals surface area (Å²) in [5, 5.41) is 5.64. The average molecular weight is 412 g/mol. The first-order valence-corrected chi connectivity index (χ1v) is 10.8. The predicted octanol–water partition coefficient (Wildman–Crippen LogP) is 4.21. The van der Waals surface area contributed by atoms with Gasteiger partial charge in [-0.1, -0.05) is 23.7 Å². The van der Waals surface area contributed by atoms with Crippen molar-refractivity contribution in [1.29, 1.82) is 0 Å². The second-order valence-corrected chi connectivity index (χ2v) is 8.99. The molecule has 1 aromatic carbocycles. The monoisotopic (exact) mass is 411 g/mol. The lowest BCUT2D eigenvalue weighted by Gasteiger charge is -2.33. The molecule has 0 N–H and O–H groups in total. The van der Waals surface area contributed by atoms with Gasteiger partial charge in [-0.15, -0.1) is 0 Å². The highest BCUT2D eigenvalue weighted by Gasteiger charge is 2.22. The first kappa shape index (κ1) is 20.3. The molecular weight excluding hydrogens is 382 g/mol. The van der Waals surface area contributed by atoms with Crippen LogP contribution in [0.4, 0.5) is 0 Å². The summed E-state index contributed by atoms with van der Waals surface area (Å²) in [6.45, 7) is 6.19. The molecule has 5 nitrogen and oxygen atoms in total. The van der Waals surface area contributed by atoms with Gasteiger partial charge in [-0.2, -0.15) is 5.10 Å². The summed E-state index contributed by atoms with van der Waals surface area (Å²) in [7, 11) is 4.17. The minimum Gasteiger partial charge on any atom is -0.305 e. The molecule has 1 unspecified atom stereocenters. The van der Waals surface area contributed by atoms with Crippen LogP contribution in [-0.4, -0.2) is 51.6 Å². The SMILES string of the molecule is Cc1nn2c(CC3CCCN(Cc4cccc(Cl)c4)C3)ccnc2c1CN(C)C. The number of hydrogen-bond acceptors (Lipinski definition) is 4. The number of benzene rings is 1. The lowest BCUT2D eigenvalue weighted by Crippen LogP contribution is -2.36. The smallest absolute Gasteiger partial charge is 0.159 e. The second-order valence-electron chi connectivity index (χ2n) is 8.55. The standard InChI is InChI=1S/C23H30ClN5/c1-17-22(16-27(2)3)23-25-10-9-21(29(23)26-17)13-19-7-5-11-28(15-19)14-18-6-4-8-20(24)12-18/h4,6,8-10,12,19H,5,7,11,13-16H2,1-3H3. The fourth-order valence-electron chi connectivity index (χ4n) is 4.45. The van der Waals surface area contributed by atoms with E-state index >= 15 is 0 Å². The van der Waals surface area contributed by atoms with Gasteiger partial charge in [0.2, 0.25) is 0 Å². The number of fused-ring (bicyclic) bond motifs is 1. The lowest BCUT2D eigenvalue weighted by molar-refractivity contribution is 0.166. The summed E-state index contributed by atoms with van der Waals surface area (Å²) in [6.07, 6.45) is 5.48. The molecule has 2 aromatic heterocycles. The maximum absolute atomic E-state index is 6.16. The third-order valence-electron chi connectivity index (χ3n) is 5.76. The van der Waals surface area contributed by atoms with Crippen molar-refractivity contribution in [3.05, 3.63) is 64.1 Å². The van der Waals surface area contributed by atoms with Crippen molar-refractivity contribution in [1.82, 2.24) is 24.4 Å².